The molecule has 0 bridgehead atoms. The van der Waals surface area contributed by atoms with Gasteiger partial charge in [-0.15, -0.1) is 0 Å². The van der Waals surface area contributed by atoms with Gasteiger partial charge in [-0.2, -0.15) is 0 Å². The fourth-order valence-corrected chi connectivity index (χ4v) is 1.98. The number of hydrogen-bond acceptors (Lipinski definition) is 2. The minimum absolute atomic E-state index is 0.245. The van der Waals surface area contributed by atoms with Crippen LogP contribution in [-0.2, 0) is 9.53 Å². The number of unbranched alkanes of at least 4 members (excludes halogenated alkanes) is 2. The first-order valence-electron chi connectivity index (χ1n) is 6.25. The predicted octanol–water partition coefficient (Wildman–Crippen LogP) is 3.94. The lowest BCUT2D eigenvalue weighted by molar-refractivity contribution is -0.137. The Morgan fingerprint density at radius 1 is 1.27 bits per heavy atom. The van der Waals surface area contributed by atoms with Gasteiger partial charge in [-0.1, -0.05) is 58.3 Å². The summed E-state index contributed by atoms with van der Waals surface area (Å²) in [5.41, 5.74) is 0. The lowest BCUT2D eigenvalue weighted by atomic mass is 10.0. The third-order valence-electron chi connectivity index (χ3n) is 2.98. The third kappa shape index (κ3) is 9.77. The van der Waals surface area contributed by atoms with Gasteiger partial charge in [0.15, 0.2) is 0 Å². The van der Waals surface area contributed by atoms with Gasteiger partial charge in [-0.05, 0) is 5.92 Å². The summed E-state index contributed by atoms with van der Waals surface area (Å²) in [6, 6.07) is 0. The van der Waals surface area contributed by atoms with E-state index in [4.69, 9.17) is 0 Å². The minimum atomic E-state index is -0.245. The molecule has 90 valence electrons. The maximum atomic E-state index is 9.59. The summed E-state index contributed by atoms with van der Waals surface area (Å²) < 4.78 is 4.11. The van der Waals surface area contributed by atoms with E-state index in [-0.39, 0.29) is 5.97 Å². The second kappa shape index (κ2) is 10.0. The van der Waals surface area contributed by atoms with E-state index in [2.05, 4.69) is 11.7 Å². The summed E-state index contributed by atoms with van der Waals surface area (Å²) in [6.07, 6.45) is 11.9. The Labute approximate surface area is 94.4 Å². The Kier molecular flexibility index (Phi) is 9.65. The topological polar surface area (TPSA) is 26.3 Å². The van der Waals surface area contributed by atoms with Crippen LogP contribution in [0.3, 0.4) is 0 Å². The highest BCUT2D eigenvalue weighted by molar-refractivity contribution is 5.65. The number of methoxy groups -OCH3 is 1. The molecule has 1 saturated carbocycles. The molecule has 1 aliphatic carbocycles. The first-order chi connectivity index (χ1) is 7.20. The minimum Gasteiger partial charge on any atom is -0.469 e. The first kappa shape index (κ1) is 14.5. The highest BCUT2D eigenvalue weighted by atomic mass is 16.5. The fourth-order valence-electron chi connectivity index (χ4n) is 1.98. The van der Waals surface area contributed by atoms with Crippen LogP contribution in [-0.4, -0.2) is 13.1 Å². The zero-order valence-electron chi connectivity index (χ0n) is 10.6. The molecular formula is C13H26O2. The van der Waals surface area contributed by atoms with E-state index >= 15 is 0 Å². The smallest absolute Gasteiger partial charge is 0.302 e. The lowest BCUT2D eigenvalue weighted by Crippen LogP contribution is -1.91. The summed E-state index contributed by atoms with van der Waals surface area (Å²) in [5, 5.41) is 0. The van der Waals surface area contributed by atoms with E-state index in [0.717, 1.165) is 5.92 Å². The Balaban J connectivity index is 0.000000336. The molecule has 1 fully saturated rings. The molecular weight excluding hydrogens is 188 g/mol. The summed E-state index contributed by atoms with van der Waals surface area (Å²) in [5.74, 6) is 0.872. The van der Waals surface area contributed by atoms with Gasteiger partial charge >= 0.3 is 5.97 Å². The maximum Gasteiger partial charge on any atom is 0.302 e. The van der Waals surface area contributed by atoms with Crippen molar-refractivity contribution in [1.29, 1.82) is 0 Å². The highest BCUT2D eigenvalue weighted by Crippen LogP contribution is 2.28. The van der Waals surface area contributed by atoms with Crippen LogP contribution >= 0.6 is 0 Å². The average molecular weight is 214 g/mol. The molecule has 1 rings (SSSR count). The van der Waals surface area contributed by atoms with Gasteiger partial charge < -0.3 is 4.74 Å². The molecule has 15 heavy (non-hydrogen) atoms. The molecule has 0 amide bonds. The Morgan fingerprint density at radius 3 is 2.20 bits per heavy atom. The maximum absolute atomic E-state index is 9.59. The molecule has 1 aliphatic rings. The Hall–Kier alpha value is -0.530. The third-order valence-corrected chi connectivity index (χ3v) is 2.98. The molecule has 0 radical (unpaired) electrons. The van der Waals surface area contributed by atoms with Crippen molar-refractivity contribution in [3.63, 3.8) is 0 Å². The number of rotatable bonds is 4. The van der Waals surface area contributed by atoms with Crippen molar-refractivity contribution < 1.29 is 9.53 Å². The van der Waals surface area contributed by atoms with Crippen molar-refractivity contribution >= 4 is 5.97 Å². The molecule has 0 heterocycles. The molecule has 2 heteroatoms. The second-order valence-electron chi connectivity index (χ2n) is 4.34. The van der Waals surface area contributed by atoms with E-state index in [9.17, 15) is 4.79 Å². The van der Waals surface area contributed by atoms with Crippen LogP contribution < -0.4 is 0 Å². The lowest BCUT2D eigenvalue weighted by Gasteiger charge is -2.06. The monoisotopic (exact) mass is 214 g/mol. The normalized spacial score (nSPS) is 15.7. The molecule has 0 atom stereocenters. The van der Waals surface area contributed by atoms with Gasteiger partial charge in [-0.3, -0.25) is 4.79 Å². The molecule has 0 aromatic heterocycles. The van der Waals surface area contributed by atoms with Crippen molar-refractivity contribution in [3.05, 3.63) is 0 Å². The Bertz CT molecular complexity index is 149. The molecule has 0 aromatic carbocycles. The zero-order chi connectivity index (χ0) is 11.5. The molecule has 0 unspecified atom stereocenters. The average Bonchev–Trinajstić information content (AvgIpc) is 2.72. The first-order valence-corrected chi connectivity index (χ1v) is 6.25. The van der Waals surface area contributed by atoms with Crippen LogP contribution in [0.15, 0.2) is 0 Å². The molecule has 0 aliphatic heterocycles. The molecule has 0 N–H and O–H groups in total. The van der Waals surface area contributed by atoms with Crippen LogP contribution in [0.25, 0.3) is 0 Å². The standard InChI is InChI=1S/C10H20.C3H6O2/c1-2-3-4-7-10-8-5-6-9-10;1-3(4)5-2/h10H,2-9H2,1H3;1-2H3. The summed E-state index contributed by atoms with van der Waals surface area (Å²) in [7, 11) is 1.35. The number of ether oxygens (including phenoxy) is 1. The number of carbonyl (C=O) groups is 1. The molecule has 0 saturated heterocycles. The largest absolute Gasteiger partial charge is 0.469 e. The molecule has 0 aromatic rings. The summed E-state index contributed by atoms with van der Waals surface area (Å²) >= 11 is 0. The van der Waals surface area contributed by atoms with Gasteiger partial charge in [0.1, 0.15) is 0 Å². The van der Waals surface area contributed by atoms with Crippen molar-refractivity contribution in [2.24, 2.45) is 5.92 Å². The van der Waals surface area contributed by atoms with Gasteiger partial charge in [-0.25, -0.2) is 0 Å². The van der Waals surface area contributed by atoms with Crippen molar-refractivity contribution in [2.75, 3.05) is 7.11 Å². The molecule has 0 spiro atoms. The SMILES string of the molecule is CCCCCC1CCCC1.COC(C)=O. The zero-order valence-corrected chi connectivity index (χ0v) is 10.6. The van der Waals surface area contributed by atoms with Crippen molar-refractivity contribution in [1.82, 2.24) is 0 Å². The Morgan fingerprint density at radius 2 is 1.80 bits per heavy atom. The van der Waals surface area contributed by atoms with Gasteiger partial charge in [0.2, 0.25) is 0 Å². The number of esters is 1. The summed E-state index contributed by atoms with van der Waals surface area (Å²) in [6.45, 7) is 3.65. The van der Waals surface area contributed by atoms with Crippen LogP contribution in [0.1, 0.15) is 65.2 Å². The highest BCUT2D eigenvalue weighted by Gasteiger charge is 2.13. The van der Waals surface area contributed by atoms with E-state index in [1.165, 1.54) is 65.4 Å². The summed E-state index contributed by atoms with van der Waals surface area (Å²) in [4.78, 5) is 9.59. The van der Waals surface area contributed by atoms with Crippen molar-refractivity contribution in [3.8, 4) is 0 Å². The fraction of sp³-hybridized carbons (Fsp3) is 0.923. The van der Waals surface area contributed by atoms with E-state index in [0.29, 0.717) is 0 Å². The van der Waals surface area contributed by atoms with Crippen LogP contribution in [0, 0.1) is 5.92 Å². The number of carbonyl (C=O) groups excluding carboxylic acids is 1. The predicted molar refractivity (Wildman–Crippen MR) is 63.8 cm³/mol. The second-order valence-corrected chi connectivity index (χ2v) is 4.34. The van der Waals surface area contributed by atoms with Crippen molar-refractivity contribution in [2.45, 2.75) is 65.2 Å². The van der Waals surface area contributed by atoms with Gasteiger partial charge in [0, 0.05) is 6.92 Å². The van der Waals surface area contributed by atoms with Crippen LogP contribution in [0.4, 0.5) is 0 Å². The van der Waals surface area contributed by atoms with E-state index in [1.54, 1.807) is 0 Å². The molecule has 2 nitrogen and oxygen atoms in total. The number of hydrogen-bond donors (Lipinski definition) is 0. The van der Waals surface area contributed by atoms with Gasteiger partial charge in [0.25, 0.3) is 0 Å². The van der Waals surface area contributed by atoms with Gasteiger partial charge in [0.05, 0.1) is 7.11 Å². The van der Waals surface area contributed by atoms with E-state index < -0.39 is 0 Å². The quantitative estimate of drug-likeness (QED) is 0.523. The van der Waals surface area contributed by atoms with Crippen LogP contribution in [0.5, 0.6) is 0 Å². The van der Waals surface area contributed by atoms with Crippen LogP contribution in [0.2, 0.25) is 0 Å². The van der Waals surface area contributed by atoms with E-state index in [1.807, 2.05) is 0 Å².